The standard InChI is InChI=1S/C24H32N4O2S/c1-31(29,30)21-7-2-4-19(18-21)22-8-9-23(26-25-22)28-16-12-24(13-17-28)10-14-27(15-11-24)20-5-3-6-20/h2,4,7-9,18,20H,3,5-6,10-17H2,1H3. The molecule has 3 fully saturated rings. The van der Waals surface area contributed by atoms with E-state index in [2.05, 4.69) is 20.0 Å². The molecule has 1 saturated carbocycles. The van der Waals surface area contributed by atoms with Crippen LogP contribution in [0.15, 0.2) is 41.3 Å². The second-order valence-corrected chi connectivity index (χ2v) is 11.7. The van der Waals surface area contributed by atoms with Gasteiger partial charge in [-0.3, -0.25) is 0 Å². The van der Waals surface area contributed by atoms with Crippen LogP contribution in [0.1, 0.15) is 44.9 Å². The molecule has 3 aliphatic rings. The van der Waals surface area contributed by atoms with Gasteiger partial charge >= 0.3 is 0 Å². The summed E-state index contributed by atoms with van der Waals surface area (Å²) in [7, 11) is -3.24. The van der Waals surface area contributed by atoms with Crippen LogP contribution >= 0.6 is 0 Å². The summed E-state index contributed by atoms with van der Waals surface area (Å²) >= 11 is 0. The number of rotatable bonds is 4. The number of nitrogens with zero attached hydrogens (tertiary/aromatic N) is 4. The molecule has 0 atom stereocenters. The third-order valence-electron chi connectivity index (χ3n) is 7.81. The Hall–Kier alpha value is -1.99. The Morgan fingerprint density at radius 1 is 0.935 bits per heavy atom. The molecule has 2 saturated heterocycles. The Kier molecular flexibility index (Phi) is 5.51. The van der Waals surface area contributed by atoms with Crippen LogP contribution in [-0.4, -0.2) is 62.0 Å². The molecule has 2 aliphatic heterocycles. The zero-order chi connectivity index (χ0) is 21.5. The molecule has 5 rings (SSSR count). The first-order valence-corrected chi connectivity index (χ1v) is 13.4. The minimum Gasteiger partial charge on any atom is -0.355 e. The molecule has 0 unspecified atom stereocenters. The van der Waals surface area contributed by atoms with Gasteiger partial charge in [-0.25, -0.2) is 8.42 Å². The van der Waals surface area contributed by atoms with Gasteiger partial charge in [0, 0.05) is 31.0 Å². The zero-order valence-corrected chi connectivity index (χ0v) is 19.1. The van der Waals surface area contributed by atoms with E-state index in [-0.39, 0.29) is 0 Å². The van der Waals surface area contributed by atoms with E-state index in [1.165, 1.54) is 64.3 Å². The third kappa shape index (κ3) is 4.35. The molecule has 0 radical (unpaired) electrons. The molecule has 1 aromatic heterocycles. The molecule has 1 aromatic carbocycles. The van der Waals surface area contributed by atoms with E-state index in [9.17, 15) is 8.42 Å². The van der Waals surface area contributed by atoms with Gasteiger partial charge in [0.15, 0.2) is 15.7 Å². The minimum absolute atomic E-state index is 0.306. The van der Waals surface area contributed by atoms with Crippen molar-refractivity contribution >= 4 is 15.7 Å². The lowest BCUT2D eigenvalue weighted by molar-refractivity contribution is 0.0305. The number of hydrogen-bond donors (Lipinski definition) is 0. The highest BCUT2D eigenvalue weighted by Gasteiger charge is 2.39. The monoisotopic (exact) mass is 440 g/mol. The molecule has 1 spiro atoms. The first-order valence-electron chi connectivity index (χ1n) is 11.6. The molecule has 3 heterocycles. The fraction of sp³-hybridized carbons (Fsp3) is 0.583. The molecule has 0 amide bonds. The number of sulfone groups is 1. The maximum atomic E-state index is 11.8. The van der Waals surface area contributed by atoms with Gasteiger partial charge in [0.05, 0.1) is 10.6 Å². The van der Waals surface area contributed by atoms with E-state index in [1.807, 2.05) is 18.2 Å². The van der Waals surface area contributed by atoms with Gasteiger partial charge < -0.3 is 9.80 Å². The lowest BCUT2D eigenvalue weighted by Gasteiger charge is -2.50. The predicted octanol–water partition coefficient (Wildman–Crippen LogP) is 3.78. The molecule has 7 heteroatoms. The molecule has 2 aromatic rings. The van der Waals surface area contributed by atoms with Crippen LogP contribution in [0.3, 0.4) is 0 Å². The van der Waals surface area contributed by atoms with Crippen molar-refractivity contribution in [3.63, 3.8) is 0 Å². The van der Waals surface area contributed by atoms with Crippen molar-refractivity contribution in [1.82, 2.24) is 15.1 Å². The Morgan fingerprint density at radius 3 is 2.23 bits per heavy atom. The fourth-order valence-electron chi connectivity index (χ4n) is 5.36. The van der Waals surface area contributed by atoms with Gasteiger partial charge in [-0.15, -0.1) is 10.2 Å². The summed E-state index contributed by atoms with van der Waals surface area (Å²) in [6.07, 6.45) is 10.6. The van der Waals surface area contributed by atoms with Crippen molar-refractivity contribution in [1.29, 1.82) is 0 Å². The maximum absolute atomic E-state index is 11.8. The molecule has 6 nitrogen and oxygen atoms in total. The topological polar surface area (TPSA) is 66.4 Å². The maximum Gasteiger partial charge on any atom is 0.175 e. The van der Waals surface area contributed by atoms with Crippen LogP contribution in [0, 0.1) is 5.41 Å². The molecule has 0 N–H and O–H groups in total. The van der Waals surface area contributed by atoms with E-state index < -0.39 is 9.84 Å². The average Bonchev–Trinajstić information content (AvgIpc) is 2.75. The molecule has 0 bridgehead atoms. The Balaban J connectivity index is 1.21. The number of hydrogen-bond acceptors (Lipinski definition) is 6. The van der Waals surface area contributed by atoms with E-state index in [0.717, 1.165) is 30.5 Å². The van der Waals surface area contributed by atoms with Gasteiger partial charge in [-0.2, -0.15) is 0 Å². The highest BCUT2D eigenvalue weighted by Crippen LogP contribution is 2.43. The lowest BCUT2D eigenvalue weighted by Crippen LogP contribution is -2.51. The van der Waals surface area contributed by atoms with Crippen molar-refractivity contribution in [2.75, 3.05) is 37.3 Å². The van der Waals surface area contributed by atoms with E-state index in [4.69, 9.17) is 0 Å². The number of piperidine rings is 2. The van der Waals surface area contributed by atoms with Crippen molar-refractivity contribution in [2.24, 2.45) is 5.41 Å². The van der Waals surface area contributed by atoms with Gasteiger partial charge in [-0.05, 0) is 81.3 Å². The van der Waals surface area contributed by atoms with Crippen LogP contribution in [-0.2, 0) is 9.84 Å². The zero-order valence-electron chi connectivity index (χ0n) is 18.3. The normalized spacial score (nSPS) is 22.4. The highest BCUT2D eigenvalue weighted by atomic mass is 32.2. The first-order chi connectivity index (χ1) is 14.9. The Labute approximate surface area is 185 Å². The predicted molar refractivity (Wildman–Crippen MR) is 123 cm³/mol. The number of likely N-dealkylation sites (tertiary alicyclic amines) is 1. The SMILES string of the molecule is CS(=O)(=O)c1cccc(-c2ccc(N3CCC4(CC3)CCN(C3CCC3)CC4)nn2)c1. The van der Waals surface area contributed by atoms with Crippen LogP contribution in [0.25, 0.3) is 11.3 Å². The molecule has 1 aliphatic carbocycles. The second kappa shape index (κ2) is 8.17. The fourth-order valence-corrected chi connectivity index (χ4v) is 6.03. The van der Waals surface area contributed by atoms with E-state index >= 15 is 0 Å². The largest absolute Gasteiger partial charge is 0.355 e. The van der Waals surface area contributed by atoms with E-state index in [1.54, 1.807) is 18.2 Å². The second-order valence-electron chi connectivity index (χ2n) is 9.68. The molecular formula is C24H32N4O2S. The summed E-state index contributed by atoms with van der Waals surface area (Å²) in [5.41, 5.74) is 2.00. The highest BCUT2D eigenvalue weighted by molar-refractivity contribution is 7.90. The summed E-state index contributed by atoms with van der Waals surface area (Å²) < 4.78 is 23.7. The molecule has 166 valence electrons. The summed E-state index contributed by atoms with van der Waals surface area (Å²) in [4.78, 5) is 5.40. The lowest BCUT2D eigenvalue weighted by atomic mass is 9.70. The Bertz CT molecular complexity index is 1020. The summed E-state index contributed by atoms with van der Waals surface area (Å²) in [5.74, 6) is 0.921. The minimum atomic E-state index is -3.24. The number of benzene rings is 1. The number of aromatic nitrogens is 2. The van der Waals surface area contributed by atoms with Crippen molar-refractivity contribution in [2.45, 2.75) is 55.9 Å². The van der Waals surface area contributed by atoms with Crippen molar-refractivity contribution in [3.05, 3.63) is 36.4 Å². The molecule has 31 heavy (non-hydrogen) atoms. The summed E-state index contributed by atoms with van der Waals surface area (Å²) in [6, 6.07) is 11.8. The van der Waals surface area contributed by atoms with Crippen LogP contribution in [0.2, 0.25) is 0 Å². The van der Waals surface area contributed by atoms with E-state index in [0.29, 0.717) is 16.0 Å². The quantitative estimate of drug-likeness (QED) is 0.721. The van der Waals surface area contributed by atoms with Gasteiger partial charge in [-0.1, -0.05) is 18.6 Å². The van der Waals surface area contributed by atoms with Gasteiger partial charge in [0.1, 0.15) is 0 Å². The van der Waals surface area contributed by atoms with Crippen molar-refractivity contribution in [3.8, 4) is 11.3 Å². The summed E-state index contributed by atoms with van der Waals surface area (Å²) in [6.45, 7) is 4.65. The van der Waals surface area contributed by atoms with Crippen LogP contribution < -0.4 is 4.90 Å². The van der Waals surface area contributed by atoms with Crippen molar-refractivity contribution < 1.29 is 8.42 Å². The summed E-state index contributed by atoms with van der Waals surface area (Å²) in [5, 5.41) is 8.88. The number of anilines is 1. The van der Waals surface area contributed by atoms with Gasteiger partial charge in [0.2, 0.25) is 0 Å². The van der Waals surface area contributed by atoms with Gasteiger partial charge in [0.25, 0.3) is 0 Å². The Morgan fingerprint density at radius 2 is 1.65 bits per heavy atom. The molecular weight excluding hydrogens is 408 g/mol. The average molecular weight is 441 g/mol. The smallest absolute Gasteiger partial charge is 0.175 e. The van der Waals surface area contributed by atoms with Crippen LogP contribution in [0.4, 0.5) is 5.82 Å². The first kappa shape index (κ1) is 20.9. The third-order valence-corrected chi connectivity index (χ3v) is 8.92. The van der Waals surface area contributed by atoms with Crippen LogP contribution in [0.5, 0.6) is 0 Å².